The van der Waals surface area contributed by atoms with E-state index >= 15 is 0 Å². The summed E-state index contributed by atoms with van der Waals surface area (Å²) in [5, 5.41) is 13.7. The number of nitrogens with zero attached hydrogens (tertiary/aromatic N) is 1. The van der Waals surface area contributed by atoms with Crippen molar-refractivity contribution in [2.75, 3.05) is 13.1 Å². The van der Waals surface area contributed by atoms with Gasteiger partial charge in [-0.3, -0.25) is 4.90 Å². The third-order valence-corrected chi connectivity index (χ3v) is 5.09. The summed E-state index contributed by atoms with van der Waals surface area (Å²) in [5.74, 6) is 0. The van der Waals surface area contributed by atoms with E-state index in [-0.39, 0.29) is 0 Å². The van der Waals surface area contributed by atoms with Gasteiger partial charge in [-0.15, -0.1) is 0 Å². The molecule has 1 unspecified atom stereocenters. The number of benzene rings is 3. The van der Waals surface area contributed by atoms with Gasteiger partial charge in [-0.05, 0) is 47.4 Å². The van der Waals surface area contributed by atoms with Crippen molar-refractivity contribution >= 4 is 10.8 Å². The molecule has 4 rings (SSSR count). The highest BCUT2D eigenvalue weighted by atomic mass is 16.3. The van der Waals surface area contributed by atoms with Crippen LogP contribution in [-0.2, 0) is 12.1 Å². The summed E-state index contributed by atoms with van der Waals surface area (Å²) in [6.07, 6.45) is 1.85. The number of hydrogen-bond acceptors (Lipinski definition) is 2. The fourth-order valence-electron chi connectivity index (χ4n) is 3.81. The summed E-state index contributed by atoms with van der Waals surface area (Å²) < 4.78 is 0. The molecular weight excluding hydrogens is 294 g/mol. The molecular formula is C22H23NO. The van der Waals surface area contributed by atoms with Crippen molar-refractivity contribution in [3.8, 4) is 0 Å². The topological polar surface area (TPSA) is 23.5 Å². The summed E-state index contributed by atoms with van der Waals surface area (Å²) >= 11 is 0. The van der Waals surface area contributed by atoms with Crippen LogP contribution in [0.15, 0.2) is 72.8 Å². The zero-order chi connectivity index (χ0) is 16.4. The second-order valence-corrected chi connectivity index (χ2v) is 6.89. The molecule has 0 spiro atoms. The monoisotopic (exact) mass is 317 g/mol. The van der Waals surface area contributed by atoms with E-state index in [4.69, 9.17) is 0 Å². The van der Waals surface area contributed by atoms with Crippen molar-refractivity contribution < 1.29 is 5.11 Å². The van der Waals surface area contributed by atoms with Gasteiger partial charge in [-0.1, -0.05) is 66.7 Å². The quantitative estimate of drug-likeness (QED) is 0.777. The first-order valence-corrected chi connectivity index (χ1v) is 8.71. The van der Waals surface area contributed by atoms with Crippen LogP contribution in [-0.4, -0.2) is 23.1 Å². The van der Waals surface area contributed by atoms with Crippen LogP contribution in [0.1, 0.15) is 24.0 Å². The van der Waals surface area contributed by atoms with Crippen LogP contribution < -0.4 is 0 Å². The zero-order valence-electron chi connectivity index (χ0n) is 13.9. The Morgan fingerprint density at radius 1 is 0.875 bits per heavy atom. The van der Waals surface area contributed by atoms with Crippen LogP contribution in [0.3, 0.4) is 0 Å². The van der Waals surface area contributed by atoms with Crippen molar-refractivity contribution in [3.05, 3.63) is 83.9 Å². The third kappa shape index (κ3) is 3.08. The molecule has 0 radical (unpaired) electrons. The normalized spacial score (nSPS) is 21.9. The molecule has 2 heteroatoms. The molecule has 24 heavy (non-hydrogen) atoms. The van der Waals surface area contributed by atoms with Crippen LogP contribution in [0.5, 0.6) is 0 Å². The molecule has 1 atom stereocenters. The number of hydrogen-bond donors (Lipinski definition) is 1. The van der Waals surface area contributed by atoms with E-state index < -0.39 is 5.60 Å². The Labute approximate surface area is 143 Å². The van der Waals surface area contributed by atoms with E-state index in [1.807, 2.05) is 6.07 Å². The van der Waals surface area contributed by atoms with Crippen LogP contribution >= 0.6 is 0 Å². The average Bonchev–Trinajstić information content (AvgIpc) is 2.62. The van der Waals surface area contributed by atoms with E-state index in [0.29, 0.717) is 6.54 Å². The fraction of sp³-hybridized carbons (Fsp3) is 0.273. The molecule has 1 aliphatic heterocycles. The van der Waals surface area contributed by atoms with E-state index in [0.717, 1.165) is 31.5 Å². The van der Waals surface area contributed by atoms with Crippen molar-refractivity contribution in [3.63, 3.8) is 0 Å². The molecule has 0 amide bonds. The summed E-state index contributed by atoms with van der Waals surface area (Å²) in [4.78, 5) is 2.37. The van der Waals surface area contributed by atoms with Gasteiger partial charge in [-0.2, -0.15) is 0 Å². The molecule has 0 bridgehead atoms. The molecule has 1 heterocycles. The lowest BCUT2D eigenvalue weighted by Gasteiger charge is -2.39. The lowest BCUT2D eigenvalue weighted by molar-refractivity contribution is -0.0380. The van der Waals surface area contributed by atoms with E-state index in [1.54, 1.807) is 0 Å². The number of piperidine rings is 1. The molecule has 1 aliphatic rings. The minimum absolute atomic E-state index is 0.695. The Morgan fingerprint density at radius 2 is 1.62 bits per heavy atom. The largest absolute Gasteiger partial charge is 0.384 e. The second-order valence-electron chi connectivity index (χ2n) is 6.89. The number of likely N-dealkylation sites (tertiary alicyclic amines) is 1. The molecule has 0 aliphatic carbocycles. The van der Waals surface area contributed by atoms with E-state index in [9.17, 15) is 5.11 Å². The highest BCUT2D eigenvalue weighted by Gasteiger charge is 2.34. The third-order valence-electron chi connectivity index (χ3n) is 5.09. The second kappa shape index (κ2) is 6.39. The number of rotatable bonds is 3. The molecule has 3 aromatic rings. The zero-order valence-corrected chi connectivity index (χ0v) is 13.9. The maximum absolute atomic E-state index is 11.3. The molecule has 3 aromatic carbocycles. The Kier molecular flexibility index (Phi) is 4.09. The maximum Gasteiger partial charge on any atom is 0.102 e. The fourth-order valence-corrected chi connectivity index (χ4v) is 3.81. The highest BCUT2D eigenvalue weighted by Crippen LogP contribution is 2.33. The number of β-amino-alcohol motifs (C(OH)–C–C–N with tert-alkyl or cyclic N) is 1. The average molecular weight is 317 g/mol. The Bertz CT molecular complexity index is 830. The van der Waals surface area contributed by atoms with Gasteiger partial charge in [0.1, 0.15) is 5.60 Å². The van der Waals surface area contributed by atoms with E-state index in [1.165, 1.54) is 16.3 Å². The molecule has 0 aromatic heterocycles. The summed E-state index contributed by atoms with van der Waals surface area (Å²) in [7, 11) is 0. The molecule has 0 saturated carbocycles. The number of aliphatic hydroxyl groups is 1. The van der Waals surface area contributed by atoms with Gasteiger partial charge in [-0.25, -0.2) is 0 Å². The number of fused-ring (bicyclic) bond motifs is 1. The van der Waals surface area contributed by atoms with Crippen LogP contribution in [0.25, 0.3) is 10.8 Å². The Balaban J connectivity index is 1.58. The van der Waals surface area contributed by atoms with Gasteiger partial charge >= 0.3 is 0 Å². The van der Waals surface area contributed by atoms with Gasteiger partial charge in [0.15, 0.2) is 0 Å². The van der Waals surface area contributed by atoms with Gasteiger partial charge in [0.05, 0.1) is 0 Å². The van der Waals surface area contributed by atoms with Crippen LogP contribution in [0.2, 0.25) is 0 Å². The summed E-state index contributed by atoms with van der Waals surface area (Å²) in [6, 6.07) is 25.2. The predicted molar refractivity (Wildman–Crippen MR) is 98.8 cm³/mol. The van der Waals surface area contributed by atoms with Crippen LogP contribution in [0.4, 0.5) is 0 Å². The summed E-state index contributed by atoms with van der Waals surface area (Å²) in [6.45, 7) is 2.64. The standard InChI is InChI=1S/C22H23NO/c24-22(21-12-11-19-9-4-5-10-20(19)15-21)13-6-14-23(17-22)16-18-7-2-1-3-8-18/h1-5,7-12,15,24H,6,13-14,16-17H2. The summed E-state index contributed by atoms with van der Waals surface area (Å²) in [5.41, 5.74) is 1.59. The molecule has 1 N–H and O–H groups in total. The molecule has 2 nitrogen and oxygen atoms in total. The van der Waals surface area contributed by atoms with Gasteiger partial charge in [0.2, 0.25) is 0 Å². The first-order valence-electron chi connectivity index (χ1n) is 8.71. The lowest BCUT2D eigenvalue weighted by atomic mass is 9.84. The first-order chi connectivity index (χ1) is 11.7. The highest BCUT2D eigenvalue weighted by molar-refractivity contribution is 5.83. The minimum atomic E-state index is -0.753. The van der Waals surface area contributed by atoms with Crippen molar-refractivity contribution in [1.29, 1.82) is 0 Å². The van der Waals surface area contributed by atoms with Crippen molar-refractivity contribution in [1.82, 2.24) is 4.90 Å². The minimum Gasteiger partial charge on any atom is -0.384 e. The maximum atomic E-state index is 11.3. The Morgan fingerprint density at radius 3 is 2.46 bits per heavy atom. The van der Waals surface area contributed by atoms with Crippen molar-refractivity contribution in [2.24, 2.45) is 0 Å². The smallest absolute Gasteiger partial charge is 0.102 e. The lowest BCUT2D eigenvalue weighted by Crippen LogP contribution is -2.45. The van der Waals surface area contributed by atoms with E-state index in [2.05, 4.69) is 71.6 Å². The van der Waals surface area contributed by atoms with Crippen LogP contribution in [0, 0.1) is 0 Å². The van der Waals surface area contributed by atoms with Gasteiger partial charge in [0, 0.05) is 13.1 Å². The van der Waals surface area contributed by atoms with Gasteiger partial charge in [0.25, 0.3) is 0 Å². The van der Waals surface area contributed by atoms with Gasteiger partial charge < -0.3 is 5.11 Å². The molecule has 1 saturated heterocycles. The molecule has 122 valence electrons. The molecule has 1 fully saturated rings. The van der Waals surface area contributed by atoms with Crippen molar-refractivity contribution in [2.45, 2.75) is 25.0 Å². The Hall–Kier alpha value is -2.16. The SMILES string of the molecule is OC1(c2ccc3ccccc3c2)CCCN(Cc2ccccc2)C1. The predicted octanol–water partition coefficient (Wildman–Crippen LogP) is 4.32. The first kappa shape index (κ1) is 15.4.